The molecule has 1 aliphatic heterocycles. The van der Waals surface area contributed by atoms with Crippen LogP contribution in [0, 0.1) is 0 Å². The van der Waals surface area contributed by atoms with Gasteiger partial charge in [0.1, 0.15) is 11.8 Å². The van der Waals surface area contributed by atoms with Gasteiger partial charge in [-0.1, -0.05) is 6.07 Å². The van der Waals surface area contributed by atoms with E-state index in [4.69, 9.17) is 4.74 Å². The molecular weight excluding hydrogens is 270 g/mol. The summed E-state index contributed by atoms with van der Waals surface area (Å²) in [5.74, 6) is 0.443. The minimum atomic E-state index is -0.221. The lowest BCUT2D eigenvalue weighted by Gasteiger charge is -2.17. The fourth-order valence-electron chi connectivity index (χ4n) is 2.17. The lowest BCUT2D eigenvalue weighted by molar-refractivity contribution is -0.122. The Bertz CT molecular complexity index is 505. The van der Waals surface area contributed by atoms with Crippen molar-refractivity contribution in [2.45, 2.75) is 25.3 Å². The van der Waals surface area contributed by atoms with E-state index in [-0.39, 0.29) is 24.5 Å². The van der Waals surface area contributed by atoms with E-state index in [0.29, 0.717) is 5.75 Å². The van der Waals surface area contributed by atoms with Crippen LogP contribution in [0.15, 0.2) is 24.3 Å². The van der Waals surface area contributed by atoms with Crippen LogP contribution in [-0.2, 0) is 9.59 Å². The van der Waals surface area contributed by atoms with Crippen LogP contribution < -0.4 is 20.7 Å². The number of hydrogen-bond acceptors (Lipinski definition) is 4. The second-order valence-corrected chi connectivity index (χ2v) is 4.97. The molecule has 6 heteroatoms. The predicted molar refractivity (Wildman–Crippen MR) is 80.3 cm³/mol. The van der Waals surface area contributed by atoms with Crippen molar-refractivity contribution in [3.05, 3.63) is 24.3 Å². The van der Waals surface area contributed by atoms with Crippen LogP contribution in [-0.4, -0.2) is 38.1 Å². The second kappa shape index (κ2) is 7.52. The van der Waals surface area contributed by atoms with Gasteiger partial charge in [-0.2, -0.15) is 0 Å². The van der Waals surface area contributed by atoms with Crippen molar-refractivity contribution >= 4 is 17.5 Å². The van der Waals surface area contributed by atoms with Crippen molar-refractivity contribution in [3.63, 3.8) is 0 Å². The van der Waals surface area contributed by atoms with E-state index >= 15 is 0 Å². The third-order valence-electron chi connectivity index (χ3n) is 3.36. The fraction of sp³-hybridized carbons (Fsp3) is 0.467. The Balaban J connectivity index is 1.96. The number of ether oxygens (including phenoxy) is 1. The highest BCUT2D eigenvalue weighted by molar-refractivity contribution is 5.84. The summed E-state index contributed by atoms with van der Waals surface area (Å²) in [6.45, 7) is 0.718. The number of carbonyl (C=O) groups is 2. The van der Waals surface area contributed by atoms with Crippen molar-refractivity contribution in [1.82, 2.24) is 10.6 Å². The van der Waals surface area contributed by atoms with Gasteiger partial charge in [0.25, 0.3) is 5.91 Å². The van der Waals surface area contributed by atoms with Crippen LogP contribution >= 0.6 is 0 Å². The SMILES string of the molecule is CNC(=O)COc1cccc(N[C@@H]2CCCCNC2=O)c1. The van der Waals surface area contributed by atoms with Gasteiger partial charge in [0, 0.05) is 25.3 Å². The Labute approximate surface area is 124 Å². The summed E-state index contributed by atoms with van der Waals surface area (Å²) < 4.78 is 5.39. The van der Waals surface area contributed by atoms with E-state index in [1.807, 2.05) is 12.1 Å². The first-order valence-electron chi connectivity index (χ1n) is 7.17. The highest BCUT2D eigenvalue weighted by Gasteiger charge is 2.20. The van der Waals surface area contributed by atoms with Crippen LogP contribution in [0.1, 0.15) is 19.3 Å². The molecule has 0 aliphatic carbocycles. The minimum absolute atomic E-state index is 0.0239. The smallest absolute Gasteiger partial charge is 0.257 e. The summed E-state index contributed by atoms with van der Waals surface area (Å²) in [7, 11) is 1.56. The van der Waals surface area contributed by atoms with E-state index in [9.17, 15) is 9.59 Å². The summed E-state index contributed by atoms with van der Waals surface area (Å²) in [6, 6.07) is 7.06. The number of likely N-dealkylation sites (N-methyl/N-ethyl adjacent to an activating group) is 1. The molecule has 0 saturated carbocycles. The van der Waals surface area contributed by atoms with E-state index in [2.05, 4.69) is 16.0 Å². The molecule has 0 unspecified atom stereocenters. The van der Waals surface area contributed by atoms with Crippen molar-refractivity contribution in [3.8, 4) is 5.75 Å². The first-order chi connectivity index (χ1) is 10.2. The first kappa shape index (κ1) is 15.2. The number of benzene rings is 1. The van der Waals surface area contributed by atoms with Crippen LogP contribution in [0.2, 0.25) is 0 Å². The van der Waals surface area contributed by atoms with E-state index in [1.54, 1.807) is 19.2 Å². The molecule has 2 amide bonds. The highest BCUT2D eigenvalue weighted by Crippen LogP contribution is 2.19. The van der Waals surface area contributed by atoms with Gasteiger partial charge in [-0.3, -0.25) is 9.59 Å². The average Bonchev–Trinajstić information content (AvgIpc) is 2.70. The molecule has 1 atom stereocenters. The summed E-state index contributed by atoms with van der Waals surface area (Å²) >= 11 is 0. The molecule has 0 radical (unpaired) electrons. The van der Waals surface area contributed by atoms with Crippen LogP contribution in [0.5, 0.6) is 5.75 Å². The van der Waals surface area contributed by atoms with Crippen molar-refractivity contribution in [2.75, 3.05) is 25.5 Å². The maximum absolute atomic E-state index is 11.9. The Morgan fingerprint density at radius 2 is 2.29 bits per heavy atom. The Hall–Kier alpha value is -2.24. The number of nitrogens with one attached hydrogen (secondary N) is 3. The van der Waals surface area contributed by atoms with E-state index in [0.717, 1.165) is 31.5 Å². The van der Waals surface area contributed by atoms with Gasteiger partial charge in [0.2, 0.25) is 5.91 Å². The molecule has 114 valence electrons. The summed E-state index contributed by atoms with van der Waals surface area (Å²) in [4.78, 5) is 23.1. The predicted octanol–water partition coefficient (Wildman–Crippen LogP) is 0.892. The third kappa shape index (κ3) is 4.66. The zero-order chi connectivity index (χ0) is 15.1. The monoisotopic (exact) mass is 291 g/mol. The van der Waals surface area contributed by atoms with Gasteiger partial charge in [-0.05, 0) is 31.4 Å². The van der Waals surface area contributed by atoms with Gasteiger partial charge in [0.05, 0.1) is 0 Å². The number of hydrogen-bond donors (Lipinski definition) is 3. The number of anilines is 1. The van der Waals surface area contributed by atoms with Gasteiger partial charge in [-0.15, -0.1) is 0 Å². The average molecular weight is 291 g/mol. The molecular formula is C15H21N3O3. The molecule has 1 fully saturated rings. The molecule has 1 aromatic carbocycles. The molecule has 3 N–H and O–H groups in total. The van der Waals surface area contributed by atoms with Gasteiger partial charge < -0.3 is 20.7 Å². The highest BCUT2D eigenvalue weighted by atomic mass is 16.5. The zero-order valence-corrected chi connectivity index (χ0v) is 12.1. The molecule has 2 rings (SSSR count). The normalized spacial score (nSPS) is 18.3. The molecule has 1 aromatic rings. The molecule has 0 aromatic heterocycles. The molecule has 1 aliphatic rings. The number of rotatable bonds is 5. The van der Waals surface area contributed by atoms with Gasteiger partial charge >= 0.3 is 0 Å². The fourth-order valence-corrected chi connectivity index (χ4v) is 2.17. The largest absolute Gasteiger partial charge is 0.484 e. The topological polar surface area (TPSA) is 79.5 Å². The zero-order valence-electron chi connectivity index (χ0n) is 12.1. The van der Waals surface area contributed by atoms with Gasteiger partial charge in [0.15, 0.2) is 6.61 Å². The van der Waals surface area contributed by atoms with Crippen molar-refractivity contribution in [1.29, 1.82) is 0 Å². The molecule has 21 heavy (non-hydrogen) atoms. The van der Waals surface area contributed by atoms with Crippen molar-refractivity contribution in [2.24, 2.45) is 0 Å². The summed E-state index contributed by atoms with van der Waals surface area (Å²) in [6.07, 6.45) is 2.84. The molecule has 0 spiro atoms. The Morgan fingerprint density at radius 3 is 3.10 bits per heavy atom. The Kier molecular flexibility index (Phi) is 5.43. The summed E-state index contributed by atoms with van der Waals surface area (Å²) in [5.41, 5.74) is 0.812. The lowest BCUT2D eigenvalue weighted by atomic mass is 10.1. The molecule has 6 nitrogen and oxygen atoms in total. The standard InChI is InChI=1S/C15H21N3O3/c1-16-14(19)10-21-12-6-4-5-11(9-12)18-13-7-2-3-8-17-15(13)20/h4-6,9,13,18H,2-3,7-8,10H2,1H3,(H,16,19)(H,17,20)/t13-/m1/s1. The molecule has 1 heterocycles. The Morgan fingerprint density at radius 1 is 1.43 bits per heavy atom. The third-order valence-corrected chi connectivity index (χ3v) is 3.36. The number of amides is 2. The van der Waals surface area contributed by atoms with Gasteiger partial charge in [-0.25, -0.2) is 0 Å². The molecule has 1 saturated heterocycles. The second-order valence-electron chi connectivity index (χ2n) is 4.97. The van der Waals surface area contributed by atoms with Crippen LogP contribution in [0.4, 0.5) is 5.69 Å². The molecule has 0 bridgehead atoms. The minimum Gasteiger partial charge on any atom is -0.484 e. The van der Waals surface area contributed by atoms with E-state index in [1.165, 1.54) is 0 Å². The first-order valence-corrected chi connectivity index (χ1v) is 7.17. The quantitative estimate of drug-likeness (QED) is 0.753. The van der Waals surface area contributed by atoms with Crippen LogP contribution in [0.3, 0.4) is 0 Å². The van der Waals surface area contributed by atoms with Crippen LogP contribution in [0.25, 0.3) is 0 Å². The lowest BCUT2D eigenvalue weighted by Crippen LogP contribution is -2.37. The maximum atomic E-state index is 11.9. The number of carbonyl (C=O) groups excluding carboxylic acids is 2. The maximum Gasteiger partial charge on any atom is 0.257 e. The van der Waals surface area contributed by atoms with Crippen molar-refractivity contribution < 1.29 is 14.3 Å². The van der Waals surface area contributed by atoms with E-state index < -0.39 is 0 Å². The summed E-state index contributed by atoms with van der Waals surface area (Å²) in [5, 5.41) is 8.61.